The lowest BCUT2D eigenvalue weighted by molar-refractivity contribution is -0.141. The van der Waals surface area contributed by atoms with Crippen LogP contribution in [0.25, 0.3) is 0 Å². The molecule has 0 radical (unpaired) electrons. The molecule has 1 atom stereocenters. The molecule has 0 heterocycles. The Labute approximate surface area is 236 Å². The van der Waals surface area contributed by atoms with E-state index in [2.05, 4.69) is 10.6 Å². The van der Waals surface area contributed by atoms with Crippen LogP contribution in [-0.4, -0.2) is 91.6 Å². The van der Waals surface area contributed by atoms with Gasteiger partial charge in [-0.3, -0.25) is 9.59 Å². The second-order valence-electron chi connectivity index (χ2n) is 9.92. The number of hydrogen-bond donors (Lipinski definition) is 3. The van der Waals surface area contributed by atoms with Crippen molar-refractivity contribution in [3.8, 4) is 5.75 Å². The van der Waals surface area contributed by atoms with Gasteiger partial charge < -0.3 is 35.2 Å². The Hall–Kier alpha value is -4.28. The molecule has 0 aromatic heterocycles. The van der Waals surface area contributed by atoms with Crippen LogP contribution in [0.2, 0.25) is 0 Å². The van der Waals surface area contributed by atoms with Gasteiger partial charge in [-0.15, -0.1) is 0 Å². The van der Waals surface area contributed by atoms with E-state index in [1.54, 1.807) is 45.1 Å². The second kappa shape index (κ2) is 15.3. The summed E-state index contributed by atoms with van der Waals surface area (Å²) in [5.41, 5.74) is 3.08. The van der Waals surface area contributed by atoms with E-state index in [1.165, 1.54) is 16.9 Å². The number of carbonyl (C=O) groups excluding carboxylic acids is 3. The van der Waals surface area contributed by atoms with Crippen molar-refractivity contribution in [2.45, 2.75) is 33.1 Å². The molecule has 0 fully saturated rings. The highest BCUT2D eigenvalue weighted by Gasteiger charge is 2.20. The first-order valence-corrected chi connectivity index (χ1v) is 13.2. The minimum atomic E-state index is -0.949. The molecule has 218 valence electrons. The van der Waals surface area contributed by atoms with E-state index < -0.39 is 11.9 Å². The number of ether oxygens (including phenoxy) is 1. The summed E-state index contributed by atoms with van der Waals surface area (Å²) in [6, 6.07) is 12.2. The van der Waals surface area contributed by atoms with Gasteiger partial charge in [-0.25, -0.2) is 9.59 Å². The summed E-state index contributed by atoms with van der Waals surface area (Å²) in [5.74, 6) is -1.13. The molecule has 11 heteroatoms. The lowest BCUT2D eigenvalue weighted by atomic mass is 10.1. The molecule has 0 bridgehead atoms. The number of carbonyl (C=O) groups is 4. The van der Waals surface area contributed by atoms with Gasteiger partial charge in [0.1, 0.15) is 5.75 Å². The minimum absolute atomic E-state index is 0.0276. The smallest absolute Gasteiger partial charge is 0.323 e. The Morgan fingerprint density at radius 1 is 0.925 bits per heavy atom. The molecular formula is C29H41N5O6. The number of anilines is 2. The predicted molar refractivity (Wildman–Crippen MR) is 155 cm³/mol. The molecule has 2 aromatic rings. The number of methoxy groups -OCH3 is 1. The van der Waals surface area contributed by atoms with E-state index in [0.717, 1.165) is 11.1 Å². The fraction of sp³-hybridized carbons (Fsp3) is 0.448. The van der Waals surface area contributed by atoms with E-state index in [1.807, 2.05) is 37.3 Å². The van der Waals surface area contributed by atoms with Crippen molar-refractivity contribution in [2.75, 3.05) is 58.5 Å². The number of para-hydroxylation sites is 1. The number of urea groups is 2. The second-order valence-corrected chi connectivity index (χ2v) is 9.92. The summed E-state index contributed by atoms with van der Waals surface area (Å²) in [7, 11) is 6.48. The number of aliphatic carboxylic acids is 1. The lowest BCUT2D eigenvalue weighted by Crippen LogP contribution is -2.42. The molecule has 0 saturated heterocycles. The van der Waals surface area contributed by atoms with Crippen LogP contribution in [0.4, 0.5) is 21.0 Å². The van der Waals surface area contributed by atoms with Crippen molar-refractivity contribution in [2.24, 2.45) is 5.92 Å². The third-order valence-corrected chi connectivity index (χ3v) is 6.57. The van der Waals surface area contributed by atoms with E-state index in [-0.39, 0.29) is 24.5 Å². The molecule has 0 aliphatic carbocycles. The Morgan fingerprint density at radius 2 is 1.57 bits per heavy atom. The number of carboxylic acid groups (broad SMARTS) is 1. The Bertz CT molecular complexity index is 1190. The van der Waals surface area contributed by atoms with Crippen LogP contribution in [0.1, 0.15) is 30.9 Å². The van der Waals surface area contributed by atoms with Crippen molar-refractivity contribution >= 4 is 35.3 Å². The van der Waals surface area contributed by atoms with Gasteiger partial charge in [0, 0.05) is 52.9 Å². The maximum absolute atomic E-state index is 12.7. The SMILES string of the molecule is COc1cc(CCC(=O)N(C)CCCN(C)C(=O)N(C)CC(C)C(=O)O)ccc1NC(=O)Nc1ccccc1C. The monoisotopic (exact) mass is 555 g/mol. The Morgan fingerprint density at radius 3 is 2.23 bits per heavy atom. The summed E-state index contributed by atoms with van der Waals surface area (Å²) in [4.78, 5) is 53.2. The third kappa shape index (κ3) is 9.79. The summed E-state index contributed by atoms with van der Waals surface area (Å²) < 4.78 is 5.46. The first-order valence-electron chi connectivity index (χ1n) is 13.2. The van der Waals surface area contributed by atoms with Crippen LogP contribution in [0.15, 0.2) is 42.5 Å². The van der Waals surface area contributed by atoms with Gasteiger partial charge in [-0.05, 0) is 49.1 Å². The molecule has 40 heavy (non-hydrogen) atoms. The fourth-order valence-corrected chi connectivity index (χ4v) is 4.05. The minimum Gasteiger partial charge on any atom is -0.495 e. The first kappa shape index (κ1) is 31.9. The fourth-order valence-electron chi connectivity index (χ4n) is 4.05. The largest absolute Gasteiger partial charge is 0.495 e. The zero-order chi connectivity index (χ0) is 29.8. The number of benzene rings is 2. The van der Waals surface area contributed by atoms with Crippen LogP contribution in [-0.2, 0) is 16.0 Å². The van der Waals surface area contributed by atoms with Crippen molar-refractivity contribution in [1.82, 2.24) is 14.7 Å². The number of hydrogen-bond acceptors (Lipinski definition) is 5. The van der Waals surface area contributed by atoms with E-state index in [9.17, 15) is 19.2 Å². The van der Waals surface area contributed by atoms with Crippen LogP contribution < -0.4 is 15.4 Å². The predicted octanol–water partition coefficient (Wildman–Crippen LogP) is 4.13. The maximum atomic E-state index is 12.7. The van der Waals surface area contributed by atoms with Crippen LogP contribution in [0, 0.1) is 12.8 Å². The highest BCUT2D eigenvalue weighted by Crippen LogP contribution is 2.27. The van der Waals surface area contributed by atoms with Gasteiger partial charge in [0.25, 0.3) is 0 Å². The average molecular weight is 556 g/mol. The molecule has 0 saturated carbocycles. The molecule has 2 aromatic carbocycles. The number of amides is 5. The highest BCUT2D eigenvalue weighted by atomic mass is 16.5. The Kier molecular flexibility index (Phi) is 12.3. The lowest BCUT2D eigenvalue weighted by Gasteiger charge is -2.27. The first-order chi connectivity index (χ1) is 18.9. The summed E-state index contributed by atoms with van der Waals surface area (Å²) in [6.45, 7) is 4.51. The van der Waals surface area contributed by atoms with Gasteiger partial charge >= 0.3 is 18.0 Å². The van der Waals surface area contributed by atoms with Crippen molar-refractivity contribution in [1.29, 1.82) is 0 Å². The van der Waals surface area contributed by atoms with Gasteiger partial charge in [0.05, 0.1) is 18.7 Å². The molecule has 2 rings (SSSR count). The molecule has 5 amide bonds. The molecule has 3 N–H and O–H groups in total. The molecular weight excluding hydrogens is 514 g/mol. The van der Waals surface area contributed by atoms with Gasteiger partial charge in [0.15, 0.2) is 0 Å². The number of carboxylic acids is 1. The zero-order valence-corrected chi connectivity index (χ0v) is 24.2. The van der Waals surface area contributed by atoms with E-state index in [0.29, 0.717) is 49.5 Å². The number of nitrogens with zero attached hydrogens (tertiary/aromatic N) is 3. The number of aryl methyl sites for hydroxylation is 2. The van der Waals surface area contributed by atoms with Crippen LogP contribution in [0.5, 0.6) is 5.75 Å². The molecule has 0 aliphatic heterocycles. The molecule has 0 spiro atoms. The standard InChI is InChI=1S/C29H41N5O6/c1-20-10-7-8-11-23(20)30-28(38)31-24-14-12-22(18-25(24)40-6)13-15-26(35)32(3)16-9-17-33(4)29(39)34(5)19-21(2)27(36)37/h7-8,10-12,14,18,21H,9,13,15-17,19H2,1-6H3,(H,36,37)(H2,30,31,38). The van der Waals surface area contributed by atoms with E-state index >= 15 is 0 Å². The van der Waals surface area contributed by atoms with E-state index in [4.69, 9.17) is 9.84 Å². The Balaban J connectivity index is 1.81. The summed E-state index contributed by atoms with van der Waals surface area (Å²) in [6.07, 6.45) is 1.39. The zero-order valence-electron chi connectivity index (χ0n) is 24.2. The van der Waals surface area contributed by atoms with Crippen LogP contribution >= 0.6 is 0 Å². The maximum Gasteiger partial charge on any atom is 0.323 e. The van der Waals surface area contributed by atoms with Crippen molar-refractivity contribution < 1.29 is 29.0 Å². The topological polar surface area (TPSA) is 132 Å². The quantitative estimate of drug-likeness (QED) is 0.341. The van der Waals surface area contributed by atoms with Crippen molar-refractivity contribution in [3.05, 3.63) is 53.6 Å². The summed E-state index contributed by atoms with van der Waals surface area (Å²) >= 11 is 0. The van der Waals surface area contributed by atoms with Gasteiger partial charge in [0.2, 0.25) is 5.91 Å². The number of rotatable bonds is 13. The average Bonchev–Trinajstić information content (AvgIpc) is 2.92. The summed E-state index contributed by atoms with van der Waals surface area (Å²) in [5, 5.41) is 14.7. The normalized spacial score (nSPS) is 11.2. The number of nitrogens with one attached hydrogen (secondary N) is 2. The highest BCUT2D eigenvalue weighted by molar-refractivity contribution is 6.01. The molecule has 0 aliphatic rings. The molecule has 11 nitrogen and oxygen atoms in total. The molecule has 1 unspecified atom stereocenters. The third-order valence-electron chi connectivity index (χ3n) is 6.57. The van der Waals surface area contributed by atoms with Crippen LogP contribution in [0.3, 0.4) is 0 Å². The van der Waals surface area contributed by atoms with Gasteiger partial charge in [-0.1, -0.05) is 31.2 Å². The van der Waals surface area contributed by atoms with Gasteiger partial charge in [-0.2, -0.15) is 0 Å². The van der Waals surface area contributed by atoms with Crippen molar-refractivity contribution in [3.63, 3.8) is 0 Å².